The molecule has 2 amide bonds. The third-order valence-electron chi connectivity index (χ3n) is 4.03. The molecule has 0 bridgehead atoms. The molecule has 0 fully saturated rings. The zero-order valence-electron chi connectivity index (χ0n) is 15.9. The van der Waals surface area contributed by atoms with Gasteiger partial charge in [-0.15, -0.1) is 0 Å². The zero-order valence-corrected chi connectivity index (χ0v) is 17.4. The quantitative estimate of drug-likeness (QED) is 0.497. The van der Waals surface area contributed by atoms with E-state index in [4.69, 9.17) is 9.15 Å². The lowest BCUT2D eigenvalue weighted by molar-refractivity contribution is -0.111. The molecule has 0 atom stereocenters. The monoisotopic (exact) mass is 454 g/mol. The molecule has 0 saturated heterocycles. The molecular formula is C22H19BrN2O4. The van der Waals surface area contributed by atoms with Crippen LogP contribution in [0.5, 0.6) is 5.75 Å². The Morgan fingerprint density at radius 1 is 1.07 bits per heavy atom. The van der Waals surface area contributed by atoms with Gasteiger partial charge in [-0.05, 0) is 61.0 Å². The minimum atomic E-state index is -0.399. The molecule has 0 saturated carbocycles. The third kappa shape index (κ3) is 5.36. The summed E-state index contributed by atoms with van der Waals surface area (Å²) < 4.78 is 11.3. The number of anilines is 2. The molecule has 0 spiro atoms. The fourth-order valence-corrected chi connectivity index (χ4v) is 3.02. The third-order valence-corrected chi connectivity index (χ3v) is 4.53. The van der Waals surface area contributed by atoms with Crippen molar-refractivity contribution >= 4 is 45.2 Å². The summed E-state index contributed by atoms with van der Waals surface area (Å²) in [6.45, 7) is 1.90. The van der Waals surface area contributed by atoms with Crippen LogP contribution in [0.1, 0.15) is 21.7 Å². The smallest absolute Gasteiger partial charge is 0.291 e. The normalized spacial score (nSPS) is 10.7. The van der Waals surface area contributed by atoms with E-state index < -0.39 is 5.91 Å². The number of hydrogen-bond donors (Lipinski definition) is 2. The molecule has 3 aromatic rings. The Hall–Kier alpha value is -3.32. The average Bonchev–Trinajstić information content (AvgIpc) is 3.23. The molecule has 0 radical (unpaired) electrons. The average molecular weight is 455 g/mol. The second-order valence-corrected chi connectivity index (χ2v) is 7.10. The number of aryl methyl sites for hydroxylation is 1. The predicted molar refractivity (Wildman–Crippen MR) is 116 cm³/mol. The Balaban J connectivity index is 1.77. The summed E-state index contributed by atoms with van der Waals surface area (Å²) in [6.07, 6.45) is 4.49. The lowest BCUT2D eigenvalue weighted by Crippen LogP contribution is -2.15. The van der Waals surface area contributed by atoms with Crippen molar-refractivity contribution in [1.82, 2.24) is 0 Å². The first-order valence-electron chi connectivity index (χ1n) is 8.74. The highest BCUT2D eigenvalue weighted by atomic mass is 79.9. The highest BCUT2D eigenvalue weighted by molar-refractivity contribution is 9.10. The van der Waals surface area contributed by atoms with Gasteiger partial charge in [0.25, 0.3) is 5.91 Å². The first-order valence-corrected chi connectivity index (χ1v) is 9.53. The van der Waals surface area contributed by atoms with Crippen molar-refractivity contribution in [2.24, 2.45) is 0 Å². The van der Waals surface area contributed by atoms with Crippen molar-refractivity contribution in [2.75, 3.05) is 17.7 Å². The highest BCUT2D eigenvalue weighted by Gasteiger charge is 2.13. The summed E-state index contributed by atoms with van der Waals surface area (Å²) in [4.78, 5) is 24.7. The first-order chi connectivity index (χ1) is 14.0. The van der Waals surface area contributed by atoms with Gasteiger partial charge in [-0.1, -0.05) is 22.0 Å². The van der Waals surface area contributed by atoms with Crippen molar-refractivity contribution in [1.29, 1.82) is 0 Å². The molecule has 1 aromatic heterocycles. The molecule has 6 nitrogen and oxygen atoms in total. The van der Waals surface area contributed by atoms with Crippen LogP contribution in [0, 0.1) is 6.92 Å². The van der Waals surface area contributed by atoms with Crippen LogP contribution in [0.25, 0.3) is 6.08 Å². The maximum Gasteiger partial charge on any atom is 0.291 e. The van der Waals surface area contributed by atoms with Gasteiger partial charge < -0.3 is 19.8 Å². The number of methoxy groups -OCH3 is 1. The standard InChI is InChI=1S/C22H19BrN2O4/c1-14-5-8-17(25-22(27)20-4-3-11-29-20)18(12-14)24-21(26)10-6-15-13-16(23)7-9-19(15)28-2/h3-13H,1-2H3,(H,24,26)(H,25,27)/b10-6+. The van der Waals surface area contributed by atoms with Crippen LogP contribution >= 0.6 is 15.9 Å². The Bertz CT molecular complexity index is 1060. The SMILES string of the molecule is COc1ccc(Br)cc1/C=C/C(=O)Nc1cc(C)ccc1NC(=O)c1ccco1. The van der Waals surface area contributed by atoms with Crippen molar-refractivity contribution < 1.29 is 18.7 Å². The van der Waals surface area contributed by atoms with E-state index in [0.29, 0.717) is 17.1 Å². The largest absolute Gasteiger partial charge is 0.496 e. The Kier molecular flexibility index (Phi) is 6.51. The molecule has 2 N–H and O–H groups in total. The van der Waals surface area contributed by atoms with E-state index in [2.05, 4.69) is 26.6 Å². The summed E-state index contributed by atoms with van der Waals surface area (Å²) in [5, 5.41) is 5.55. The minimum Gasteiger partial charge on any atom is -0.496 e. The number of hydrogen-bond acceptors (Lipinski definition) is 4. The molecule has 148 valence electrons. The lowest BCUT2D eigenvalue weighted by atomic mass is 10.1. The first kappa shape index (κ1) is 20.4. The second-order valence-electron chi connectivity index (χ2n) is 6.19. The van der Waals surface area contributed by atoms with E-state index in [0.717, 1.165) is 15.6 Å². The topological polar surface area (TPSA) is 80.6 Å². The summed E-state index contributed by atoms with van der Waals surface area (Å²) in [7, 11) is 1.57. The van der Waals surface area contributed by atoms with Crippen molar-refractivity contribution in [3.05, 3.63) is 82.2 Å². The number of carbonyl (C=O) groups is 2. The summed E-state index contributed by atoms with van der Waals surface area (Å²) in [5.74, 6) is 0.0959. The van der Waals surface area contributed by atoms with Gasteiger partial charge in [-0.3, -0.25) is 9.59 Å². The Labute approximate surface area is 176 Å². The van der Waals surface area contributed by atoms with E-state index in [1.165, 1.54) is 12.3 Å². The number of furan rings is 1. The summed E-state index contributed by atoms with van der Waals surface area (Å²) in [5.41, 5.74) is 2.65. The molecule has 2 aromatic carbocycles. The molecule has 0 aliphatic carbocycles. The van der Waals surface area contributed by atoms with Crippen LogP contribution in [0.4, 0.5) is 11.4 Å². The molecule has 0 aliphatic rings. The van der Waals surface area contributed by atoms with Crippen LogP contribution in [-0.2, 0) is 4.79 Å². The van der Waals surface area contributed by atoms with Gasteiger partial charge in [-0.25, -0.2) is 0 Å². The van der Waals surface area contributed by atoms with Crippen molar-refractivity contribution in [2.45, 2.75) is 6.92 Å². The highest BCUT2D eigenvalue weighted by Crippen LogP contribution is 2.26. The molecule has 29 heavy (non-hydrogen) atoms. The molecule has 1 heterocycles. The number of nitrogens with one attached hydrogen (secondary N) is 2. The maximum atomic E-state index is 12.5. The van der Waals surface area contributed by atoms with E-state index in [1.807, 2.05) is 31.2 Å². The van der Waals surface area contributed by atoms with Gasteiger partial charge in [0.1, 0.15) is 5.75 Å². The number of rotatable bonds is 6. The van der Waals surface area contributed by atoms with Crippen LogP contribution in [-0.4, -0.2) is 18.9 Å². The van der Waals surface area contributed by atoms with E-state index >= 15 is 0 Å². The van der Waals surface area contributed by atoms with E-state index in [1.54, 1.807) is 37.5 Å². The molecule has 7 heteroatoms. The maximum absolute atomic E-state index is 12.5. The minimum absolute atomic E-state index is 0.185. The molecular weight excluding hydrogens is 436 g/mol. The number of benzene rings is 2. The lowest BCUT2D eigenvalue weighted by Gasteiger charge is -2.12. The number of halogens is 1. The van der Waals surface area contributed by atoms with Gasteiger partial charge in [-0.2, -0.15) is 0 Å². The van der Waals surface area contributed by atoms with Gasteiger partial charge in [0.2, 0.25) is 5.91 Å². The van der Waals surface area contributed by atoms with Gasteiger partial charge in [0, 0.05) is 16.1 Å². The Morgan fingerprint density at radius 2 is 1.90 bits per heavy atom. The molecule has 3 rings (SSSR count). The van der Waals surface area contributed by atoms with Gasteiger partial charge >= 0.3 is 0 Å². The van der Waals surface area contributed by atoms with E-state index in [-0.39, 0.29) is 11.7 Å². The molecule has 0 aliphatic heterocycles. The second kappa shape index (κ2) is 9.25. The number of ether oxygens (including phenoxy) is 1. The molecule has 0 unspecified atom stereocenters. The van der Waals surface area contributed by atoms with Crippen LogP contribution < -0.4 is 15.4 Å². The van der Waals surface area contributed by atoms with Gasteiger partial charge in [0.05, 0.1) is 24.7 Å². The van der Waals surface area contributed by atoms with Crippen LogP contribution in [0.2, 0.25) is 0 Å². The Morgan fingerprint density at radius 3 is 2.62 bits per heavy atom. The summed E-state index contributed by atoms with van der Waals surface area (Å²) >= 11 is 3.41. The summed E-state index contributed by atoms with van der Waals surface area (Å²) in [6, 6.07) is 14.1. The van der Waals surface area contributed by atoms with Crippen LogP contribution in [0.15, 0.2) is 69.8 Å². The van der Waals surface area contributed by atoms with E-state index in [9.17, 15) is 9.59 Å². The number of amides is 2. The van der Waals surface area contributed by atoms with Gasteiger partial charge in [0.15, 0.2) is 5.76 Å². The van der Waals surface area contributed by atoms with Crippen molar-refractivity contribution in [3.8, 4) is 5.75 Å². The predicted octanol–water partition coefficient (Wildman–Crippen LogP) is 5.26. The number of carbonyl (C=O) groups excluding carboxylic acids is 2. The van der Waals surface area contributed by atoms with Crippen LogP contribution in [0.3, 0.4) is 0 Å². The zero-order chi connectivity index (χ0) is 20.8. The fourth-order valence-electron chi connectivity index (χ4n) is 2.64. The fraction of sp³-hybridized carbons (Fsp3) is 0.0909. The van der Waals surface area contributed by atoms with Crippen molar-refractivity contribution in [3.63, 3.8) is 0 Å².